The van der Waals surface area contributed by atoms with Gasteiger partial charge < -0.3 is 44.4 Å². The number of urea groups is 1. The van der Waals surface area contributed by atoms with Crippen LogP contribution in [-0.4, -0.2) is 161 Å². The molecule has 4 aliphatic rings. The average molecular weight is 1230 g/mol. The summed E-state index contributed by atoms with van der Waals surface area (Å²) in [5, 5.41) is 6.01. The summed E-state index contributed by atoms with van der Waals surface area (Å²) in [6.07, 6.45) is 3.05. The van der Waals surface area contributed by atoms with Gasteiger partial charge >= 0.3 is 6.03 Å². The summed E-state index contributed by atoms with van der Waals surface area (Å²) >= 11 is 13.0. The van der Waals surface area contributed by atoms with E-state index in [1.165, 1.54) is 34.0 Å². The molecule has 2 saturated heterocycles. The number of likely N-dealkylation sites (N-methyl/N-ethyl adjacent to an activating group) is 1. The van der Waals surface area contributed by atoms with Gasteiger partial charge in [-0.1, -0.05) is 80.9 Å². The Morgan fingerprint density at radius 3 is 2.24 bits per heavy atom. The molecule has 10 rings (SSSR count). The summed E-state index contributed by atoms with van der Waals surface area (Å²) in [6, 6.07) is 25.2. The fourth-order valence-electron chi connectivity index (χ4n) is 12.3. The predicted octanol–water partition coefficient (Wildman–Crippen LogP) is 10.8. The predicted molar refractivity (Wildman–Crippen MR) is 335 cm³/mol. The number of hydrogen-bond donors (Lipinski definition) is 1. The first-order valence-electron chi connectivity index (χ1n) is 29.7. The van der Waals surface area contributed by atoms with E-state index >= 15 is 4.79 Å². The maximum absolute atomic E-state index is 15.6. The zero-order chi connectivity index (χ0) is 62.0. The third-order valence-corrected chi connectivity index (χ3v) is 17.9. The Morgan fingerprint density at radius 2 is 1.56 bits per heavy atom. The van der Waals surface area contributed by atoms with Crippen LogP contribution < -0.4 is 15.4 Å². The van der Waals surface area contributed by atoms with Crippen LogP contribution in [0.3, 0.4) is 0 Å². The third-order valence-electron chi connectivity index (χ3n) is 17.4. The largest absolute Gasteiger partial charge is 0.493 e. The highest BCUT2D eigenvalue weighted by Gasteiger charge is 2.60. The fraction of sp³-hybridized carbons (Fsp3) is 0.446. The molecule has 0 spiro atoms. The van der Waals surface area contributed by atoms with E-state index in [9.17, 15) is 14.0 Å². The molecule has 4 amide bonds. The molecule has 4 aliphatic heterocycles. The summed E-state index contributed by atoms with van der Waals surface area (Å²) in [4.78, 5) is 73.1. The van der Waals surface area contributed by atoms with Gasteiger partial charge in [0.1, 0.15) is 40.7 Å². The monoisotopic (exact) mass is 1220 g/mol. The minimum atomic E-state index is -1.05. The van der Waals surface area contributed by atoms with E-state index in [2.05, 4.69) is 61.5 Å². The molecule has 0 unspecified atom stereocenters. The lowest BCUT2D eigenvalue weighted by atomic mass is 9.71. The van der Waals surface area contributed by atoms with Crippen molar-refractivity contribution in [1.82, 2.24) is 44.2 Å². The SMILES string of the molecule is [C-]#[N+]c1c2c(nn1CCN(C)C(=O)CCOCCOCCN1CCN(C(=O)N3C(c4ccc(C(C)(C)C)cc4OCC)=N[C@@](C)(c4ccc(Cl)cc4)[C@@]3(C)c3ccc(Cl)cc3)CC1)CN(C)C(=O)c1ccc(F)cc1[C@H]1CCCN1c1nc-2cnc1N. The number of fused-ring (bicyclic) bond motifs is 8. The minimum absolute atomic E-state index is 0.0207. The van der Waals surface area contributed by atoms with E-state index in [1.807, 2.05) is 76.2 Å². The Hall–Kier alpha value is -7.67. The first-order valence-corrected chi connectivity index (χ1v) is 30.4. The smallest absolute Gasteiger partial charge is 0.326 e. The van der Waals surface area contributed by atoms with Gasteiger partial charge in [-0.2, -0.15) is 4.68 Å². The molecule has 87 heavy (non-hydrogen) atoms. The molecule has 22 heteroatoms. The quantitative estimate of drug-likeness (QED) is 0.0674. The van der Waals surface area contributed by atoms with E-state index in [1.54, 1.807) is 19.0 Å². The zero-order valence-corrected chi connectivity index (χ0v) is 52.3. The number of aliphatic imine (C=N–C) groups is 1. The van der Waals surface area contributed by atoms with Gasteiger partial charge in [-0.05, 0) is 116 Å². The van der Waals surface area contributed by atoms with Crippen LogP contribution in [-0.2, 0) is 43.9 Å². The zero-order valence-electron chi connectivity index (χ0n) is 50.8. The Balaban J connectivity index is 0.729. The molecule has 2 aromatic heterocycles. The van der Waals surface area contributed by atoms with Crippen LogP contribution in [0.5, 0.6) is 5.75 Å². The van der Waals surface area contributed by atoms with Gasteiger partial charge in [0.15, 0.2) is 11.6 Å². The van der Waals surface area contributed by atoms with Crippen molar-refractivity contribution in [2.75, 3.05) is 104 Å². The van der Waals surface area contributed by atoms with Crippen molar-refractivity contribution in [2.45, 2.75) is 96.4 Å². The molecule has 19 nitrogen and oxygen atoms in total. The molecule has 3 atom stereocenters. The molecule has 2 bridgehead atoms. The summed E-state index contributed by atoms with van der Waals surface area (Å²) < 4.78 is 34.6. The van der Waals surface area contributed by atoms with Crippen molar-refractivity contribution in [2.24, 2.45) is 4.99 Å². The second-order valence-corrected chi connectivity index (χ2v) is 24.8. The first-order chi connectivity index (χ1) is 41.6. The van der Waals surface area contributed by atoms with Gasteiger partial charge in [-0.25, -0.2) is 19.2 Å². The second kappa shape index (κ2) is 26.0. The van der Waals surface area contributed by atoms with Crippen LogP contribution >= 0.6 is 23.2 Å². The molecule has 0 radical (unpaired) electrons. The number of nitrogen functional groups attached to an aromatic ring is 1. The van der Waals surface area contributed by atoms with Crippen LogP contribution in [0.2, 0.25) is 10.0 Å². The number of nitrogens with two attached hydrogens (primary N) is 1. The normalized spacial score (nSPS) is 19.6. The molecule has 2 N–H and O–H groups in total. The number of amidine groups is 1. The van der Waals surface area contributed by atoms with Gasteiger partial charge in [0, 0.05) is 69.0 Å². The number of benzene rings is 4. The molecule has 0 saturated carbocycles. The molecular formula is C65H76Cl2FN13O6. The van der Waals surface area contributed by atoms with E-state index in [0.29, 0.717) is 128 Å². The lowest BCUT2D eigenvalue weighted by Crippen LogP contribution is -2.60. The van der Waals surface area contributed by atoms with Crippen LogP contribution in [0, 0.1) is 12.4 Å². The number of rotatable bonds is 17. The number of hydrogen-bond acceptors (Lipinski definition) is 13. The number of nitrogens with zero attached hydrogens (tertiary/aromatic N) is 12. The summed E-state index contributed by atoms with van der Waals surface area (Å²) in [6.45, 7) is 26.5. The van der Waals surface area contributed by atoms with Crippen LogP contribution in [0.1, 0.15) is 111 Å². The summed E-state index contributed by atoms with van der Waals surface area (Å²) in [5.74, 6) is 0.998. The van der Waals surface area contributed by atoms with Crippen LogP contribution in [0.25, 0.3) is 16.1 Å². The number of halogens is 3. The number of carbonyl (C=O) groups is 3. The van der Waals surface area contributed by atoms with Gasteiger partial charge in [0.25, 0.3) is 11.7 Å². The van der Waals surface area contributed by atoms with E-state index in [0.717, 1.165) is 28.7 Å². The van der Waals surface area contributed by atoms with Crippen molar-refractivity contribution < 1.29 is 33.0 Å². The first kappa shape index (κ1) is 62.4. The van der Waals surface area contributed by atoms with Crippen molar-refractivity contribution in [1.29, 1.82) is 0 Å². The molecular weight excluding hydrogens is 1150 g/mol. The molecule has 458 valence electrons. The van der Waals surface area contributed by atoms with E-state index in [-0.39, 0.29) is 73.6 Å². The van der Waals surface area contributed by atoms with Crippen molar-refractivity contribution >= 4 is 64.3 Å². The van der Waals surface area contributed by atoms with Gasteiger partial charge in [-0.3, -0.25) is 24.4 Å². The summed E-state index contributed by atoms with van der Waals surface area (Å²) in [5.41, 5.74) is 9.94. The fourth-order valence-corrected chi connectivity index (χ4v) is 12.5. The maximum Gasteiger partial charge on any atom is 0.326 e. The van der Waals surface area contributed by atoms with Crippen molar-refractivity contribution in [3.63, 3.8) is 0 Å². The van der Waals surface area contributed by atoms with Gasteiger partial charge in [-0.15, -0.1) is 5.10 Å². The van der Waals surface area contributed by atoms with E-state index < -0.39 is 16.9 Å². The highest BCUT2D eigenvalue weighted by molar-refractivity contribution is 6.30. The molecule has 4 aromatic carbocycles. The van der Waals surface area contributed by atoms with Crippen LogP contribution in [0.15, 0.2) is 96.1 Å². The van der Waals surface area contributed by atoms with Gasteiger partial charge in [0.05, 0.1) is 81.6 Å². The Bertz CT molecular complexity index is 3600. The lowest BCUT2D eigenvalue weighted by molar-refractivity contribution is -0.131. The van der Waals surface area contributed by atoms with Crippen LogP contribution in [0.4, 0.5) is 26.6 Å². The lowest BCUT2D eigenvalue weighted by Gasteiger charge is -2.47. The molecule has 2 fully saturated rings. The third kappa shape index (κ3) is 12.6. The van der Waals surface area contributed by atoms with Crippen molar-refractivity contribution in [3.05, 3.63) is 157 Å². The van der Waals surface area contributed by atoms with E-state index in [4.69, 9.17) is 64.8 Å². The minimum Gasteiger partial charge on any atom is -0.493 e. The number of carbonyl (C=O) groups excluding carboxylic acids is 3. The maximum atomic E-state index is 15.6. The highest BCUT2D eigenvalue weighted by Crippen LogP contribution is 2.54. The second-order valence-electron chi connectivity index (χ2n) is 23.9. The summed E-state index contributed by atoms with van der Waals surface area (Å²) in [7, 11) is 3.34. The number of amides is 4. The standard InChI is InChI=1S/C65H76Cl2FN13O6/c1-10-87-54-38-44(63(2,3)4)17-23-49(54)58-73-64(5,42-13-18-45(66)19-14-42)65(6,43-15-20-46(67)21-16-43)81(58)62(84)78-30-28-77(29-31-78)33-35-86-37-36-85-34-25-55(82)75(8)27-32-80-59(70-7)56-51-40-71-57(69)60(72-51)79-26-11-12-53(79)50-39-47(68)22-24-48(50)61(83)76(9)41-52(56)74-80/h13-24,38-40,53H,10-12,25-37,41H2,1-6,8-9H3,(H2,69,71)/t53-,64+,65-/m1/s1. The van der Waals surface area contributed by atoms with Gasteiger partial charge in [0.2, 0.25) is 5.91 Å². The number of anilines is 2. The average Bonchev–Trinajstić information content (AvgIpc) is 1.58. The number of ether oxygens (including phenoxy) is 3. The molecule has 6 heterocycles. The Kier molecular flexibility index (Phi) is 18.6. The number of aromatic nitrogens is 4. The molecule has 0 aliphatic carbocycles. The topological polar surface area (TPSA) is 185 Å². The highest BCUT2D eigenvalue weighted by atomic mass is 35.5. The van der Waals surface area contributed by atoms with Crippen molar-refractivity contribution in [3.8, 4) is 17.0 Å². The molecule has 6 aromatic rings. The number of piperazine rings is 1. The Labute approximate surface area is 518 Å². The Morgan fingerprint density at radius 1 is 0.885 bits per heavy atom.